The molecule has 1 unspecified atom stereocenters. The Bertz CT molecular complexity index is 527. The maximum absolute atomic E-state index is 12.5. The van der Waals surface area contributed by atoms with Gasteiger partial charge in [0, 0.05) is 17.0 Å². The van der Waals surface area contributed by atoms with Crippen LogP contribution in [0.4, 0.5) is 0 Å². The van der Waals surface area contributed by atoms with E-state index in [0.29, 0.717) is 5.41 Å². The molecule has 1 atom stereocenters. The summed E-state index contributed by atoms with van der Waals surface area (Å²) in [6.07, 6.45) is 5.22. The lowest BCUT2D eigenvalue weighted by molar-refractivity contribution is -0.125. The summed E-state index contributed by atoms with van der Waals surface area (Å²) in [4.78, 5) is 18.1. The van der Waals surface area contributed by atoms with Crippen LogP contribution < -0.4 is 10.6 Å². The Labute approximate surface area is 148 Å². The van der Waals surface area contributed by atoms with Crippen molar-refractivity contribution in [2.45, 2.75) is 45.6 Å². The van der Waals surface area contributed by atoms with E-state index in [4.69, 9.17) is 0 Å². The van der Waals surface area contributed by atoms with Gasteiger partial charge in [-0.05, 0) is 58.5 Å². The monoisotopic (exact) mass is 365 g/mol. The summed E-state index contributed by atoms with van der Waals surface area (Å²) in [5.41, 5.74) is -0.0725. The molecular formula is C15H25Cl2N3OS. The molecule has 126 valence electrons. The lowest BCUT2D eigenvalue weighted by atomic mass is 9.91. The van der Waals surface area contributed by atoms with Crippen molar-refractivity contribution in [3.8, 4) is 0 Å². The van der Waals surface area contributed by atoms with Crippen molar-refractivity contribution >= 4 is 42.1 Å². The Hall–Kier alpha value is -0.360. The average Bonchev–Trinajstić information content (AvgIpc) is 2.88. The maximum Gasteiger partial charge on any atom is 0.224 e. The molecule has 2 aliphatic rings. The number of aromatic nitrogens is 1. The Morgan fingerprint density at radius 1 is 1.41 bits per heavy atom. The molecule has 4 nitrogen and oxygen atoms in total. The van der Waals surface area contributed by atoms with Gasteiger partial charge in [0.05, 0.1) is 5.54 Å². The van der Waals surface area contributed by atoms with E-state index in [1.807, 2.05) is 27.0 Å². The largest absolute Gasteiger partial charge is 0.344 e. The fourth-order valence-electron chi connectivity index (χ4n) is 3.29. The van der Waals surface area contributed by atoms with E-state index in [0.717, 1.165) is 37.4 Å². The van der Waals surface area contributed by atoms with Crippen LogP contribution in [-0.2, 0) is 10.3 Å². The first kappa shape index (κ1) is 19.7. The average molecular weight is 366 g/mol. The van der Waals surface area contributed by atoms with Crippen LogP contribution in [0, 0.1) is 18.3 Å². The Kier molecular flexibility index (Phi) is 6.30. The molecule has 0 aromatic carbocycles. The van der Waals surface area contributed by atoms with E-state index in [9.17, 15) is 4.79 Å². The fraction of sp³-hybridized carbons (Fsp3) is 0.733. The first-order valence-electron chi connectivity index (χ1n) is 7.39. The third kappa shape index (κ3) is 3.75. The Morgan fingerprint density at radius 2 is 2.05 bits per heavy atom. The number of carbonyl (C=O) groups is 1. The topological polar surface area (TPSA) is 54.0 Å². The van der Waals surface area contributed by atoms with E-state index < -0.39 is 0 Å². The molecule has 1 aromatic rings. The van der Waals surface area contributed by atoms with E-state index in [-0.39, 0.29) is 42.2 Å². The van der Waals surface area contributed by atoms with Crippen LogP contribution in [-0.4, -0.2) is 24.0 Å². The third-order valence-corrected chi connectivity index (χ3v) is 5.93. The number of hydrogen-bond donors (Lipinski definition) is 2. The SMILES string of the molecule is Cc1cnc(C(C)(C)NC(=O)C2CC23CCNCC3)s1.Cl.Cl. The minimum absolute atomic E-state index is 0. The minimum atomic E-state index is -0.368. The summed E-state index contributed by atoms with van der Waals surface area (Å²) in [6, 6.07) is 0. The number of halogens is 2. The van der Waals surface area contributed by atoms with Crippen LogP contribution in [0.3, 0.4) is 0 Å². The van der Waals surface area contributed by atoms with Crippen molar-refractivity contribution in [3.05, 3.63) is 16.1 Å². The summed E-state index contributed by atoms with van der Waals surface area (Å²) in [6.45, 7) is 8.24. The highest BCUT2D eigenvalue weighted by molar-refractivity contribution is 7.11. The van der Waals surface area contributed by atoms with Crippen LogP contribution in [0.1, 0.15) is 43.0 Å². The molecule has 2 fully saturated rings. The van der Waals surface area contributed by atoms with Crippen LogP contribution in [0.5, 0.6) is 0 Å². The van der Waals surface area contributed by atoms with Gasteiger partial charge in [0.25, 0.3) is 0 Å². The van der Waals surface area contributed by atoms with Crippen LogP contribution in [0.2, 0.25) is 0 Å². The Morgan fingerprint density at radius 3 is 2.59 bits per heavy atom. The number of nitrogens with one attached hydrogen (secondary N) is 2. The van der Waals surface area contributed by atoms with Crippen LogP contribution in [0.25, 0.3) is 0 Å². The van der Waals surface area contributed by atoms with Crippen molar-refractivity contribution in [1.29, 1.82) is 0 Å². The summed E-state index contributed by atoms with van der Waals surface area (Å²) < 4.78 is 0. The highest BCUT2D eigenvalue weighted by atomic mass is 35.5. The number of thiazole rings is 1. The van der Waals surface area contributed by atoms with E-state index in [1.165, 1.54) is 4.88 Å². The zero-order valence-corrected chi connectivity index (χ0v) is 15.7. The van der Waals surface area contributed by atoms with Gasteiger partial charge in [-0.15, -0.1) is 36.2 Å². The Balaban J connectivity index is 0.00000121. The third-order valence-electron chi connectivity index (χ3n) is 4.70. The molecule has 1 saturated carbocycles. The highest BCUT2D eigenvalue weighted by Crippen LogP contribution is 2.58. The minimum Gasteiger partial charge on any atom is -0.344 e. The zero-order valence-electron chi connectivity index (χ0n) is 13.3. The van der Waals surface area contributed by atoms with Crippen molar-refractivity contribution in [2.24, 2.45) is 11.3 Å². The molecule has 7 heteroatoms. The second-order valence-corrected chi connectivity index (χ2v) is 7.99. The predicted octanol–water partition coefficient (Wildman–Crippen LogP) is 3.04. The lowest BCUT2D eigenvalue weighted by Crippen LogP contribution is -2.43. The second kappa shape index (κ2) is 7.04. The molecule has 0 bridgehead atoms. The molecule has 2 N–H and O–H groups in total. The first-order valence-corrected chi connectivity index (χ1v) is 8.20. The van der Waals surface area contributed by atoms with Crippen LogP contribution >= 0.6 is 36.2 Å². The van der Waals surface area contributed by atoms with Gasteiger partial charge in [-0.1, -0.05) is 0 Å². The second-order valence-electron chi connectivity index (χ2n) is 6.76. The van der Waals surface area contributed by atoms with Crippen molar-refractivity contribution in [1.82, 2.24) is 15.6 Å². The zero-order chi connectivity index (χ0) is 14.4. The van der Waals surface area contributed by atoms with Gasteiger partial charge < -0.3 is 10.6 Å². The molecule has 1 aromatic heterocycles. The van der Waals surface area contributed by atoms with Gasteiger partial charge in [-0.3, -0.25) is 4.79 Å². The van der Waals surface area contributed by atoms with E-state index in [2.05, 4.69) is 15.6 Å². The molecule has 1 aliphatic carbocycles. The molecule has 2 heterocycles. The number of amides is 1. The van der Waals surface area contributed by atoms with Gasteiger partial charge in [-0.2, -0.15) is 0 Å². The maximum atomic E-state index is 12.5. The number of rotatable bonds is 3. The molecular weight excluding hydrogens is 341 g/mol. The van der Waals surface area contributed by atoms with Crippen molar-refractivity contribution < 1.29 is 4.79 Å². The molecule has 22 heavy (non-hydrogen) atoms. The van der Waals surface area contributed by atoms with E-state index in [1.54, 1.807) is 11.3 Å². The standard InChI is InChI=1S/C15H23N3OS.2ClH/c1-10-9-17-13(20-10)14(2,3)18-12(19)11-8-15(11)4-6-16-7-5-15;;/h9,11,16H,4-8H2,1-3H3,(H,18,19);2*1H. The normalized spacial score (nSPS) is 22.4. The molecule has 3 rings (SSSR count). The number of hydrogen-bond acceptors (Lipinski definition) is 4. The smallest absolute Gasteiger partial charge is 0.224 e. The van der Waals surface area contributed by atoms with Gasteiger partial charge in [0.1, 0.15) is 5.01 Å². The quantitative estimate of drug-likeness (QED) is 0.865. The van der Waals surface area contributed by atoms with Gasteiger partial charge >= 0.3 is 0 Å². The lowest BCUT2D eigenvalue weighted by Gasteiger charge is -2.27. The number of piperidine rings is 1. The van der Waals surface area contributed by atoms with Gasteiger partial charge in [0.2, 0.25) is 5.91 Å². The molecule has 1 spiro atoms. The fourth-order valence-corrected chi connectivity index (χ4v) is 4.11. The molecule has 0 radical (unpaired) electrons. The molecule has 1 saturated heterocycles. The number of carbonyl (C=O) groups excluding carboxylic acids is 1. The summed E-state index contributed by atoms with van der Waals surface area (Å²) in [5.74, 6) is 0.426. The van der Waals surface area contributed by atoms with Crippen LogP contribution in [0.15, 0.2) is 6.20 Å². The summed E-state index contributed by atoms with van der Waals surface area (Å²) in [5, 5.41) is 7.57. The predicted molar refractivity (Wildman–Crippen MR) is 95.2 cm³/mol. The summed E-state index contributed by atoms with van der Waals surface area (Å²) in [7, 11) is 0. The first-order chi connectivity index (χ1) is 9.43. The summed E-state index contributed by atoms with van der Waals surface area (Å²) >= 11 is 1.66. The highest BCUT2D eigenvalue weighted by Gasteiger charge is 2.58. The molecule has 1 amide bonds. The van der Waals surface area contributed by atoms with Gasteiger partial charge in [0.15, 0.2) is 0 Å². The number of nitrogens with zero attached hydrogens (tertiary/aromatic N) is 1. The van der Waals surface area contributed by atoms with Gasteiger partial charge in [-0.25, -0.2) is 4.98 Å². The van der Waals surface area contributed by atoms with Crippen molar-refractivity contribution in [3.63, 3.8) is 0 Å². The van der Waals surface area contributed by atoms with E-state index >= 15 is 0 Å². The number of aryl methyl sites for hydroxylation is 1. The molecule has 1 aliphatic heterocycles. The van der Waals surface area contributed by atoms with Crippen molar-refractivity contribution in [2.75, 3.05) is 13.1 Å².